The summed E-state index contributed by atoms with van der Waals surface area (Å²) in [7, 11) is 1.64. The number of hydrogen-bond donors (Lipinski definition) is 1. The third-order valence-electron chi connectivity index (χ3n) is 5.37. The Balaban J connectivity index is 1.41. The number of anilines is 1. The van der Waals surface area contributed by atoms with E-state index in [0.717, 1.165) is 58.1 Å². The van der Waals surface area contributed by atoms with Crippen molar-refractivity contribution in [3.63, 3.8) is 0 Å². The average Bonchev–Trinajstić information content (AvgIpc) is 3.01. The van der Waals surface area contributed by atoms with Crippen LogP contribution in [0.25, 0.3) is 11.4 Å². The Bertz CT molecular complexity index is 1050. The van der Waals surface area contributed by atoms with Gasteiger partial charge in [-0.25, -0.2) is 0 Å². The average molecular weight is 469 g/mol. The molecule has 3 aromatic rings. The Kier molecular flexibility index (Phi) is 6.47. The summed E-state index contributed by atoms with van der Waals surface area (Å²) in [4.78, 5) is 12.5. The number of carbonyl (C=O) groups excluding carboxylic acids is 1. The minimum Gasteiger partial charge on any atom is -0.496 e. The van der Waals surface area contributed by atoms with Crippen molar-refractivity contribution in [1.82, 2.24) is 14.8 Å². The molecule has 0 fully saturated rings. The van der Waals surface area contributed by atoms with Crippen LogP contribution >= 0.6 is 15.9 Å². The summed E-state index contributed by atoms with van der Waals surface area (Å²) < 4.78 is 8.36. The largest absolute Gasteiger partial charge is 0.496 e. The number of methoxy groups -OCH3 is 1. The lowest BCUT2D eigenvalue weighted by Crippen LogP contribution is -2.12. The first-order chi connectivity index (χ1) is 14.6. The highest BCUT2D eigenvalue weighted by molar-refractivity contribution is 9.10. The van der Waals surface area contributed by atoms with Gasteiger partial charge in [-0.05, 0) is 65.0 Å². The number of carbonyl (C=O) groups is 1. The zero-order valence-electron chi connectivity index (χ0n) is 17.0. The van der Waals surface area contributed by atoms with Crippen LogP contribution in [0.5, 0.6) is 5.75 Å². The van der Waals surface area contributed by atoms with E-state index in [4.69, 9.17) is 4.74 Å². The minimum absolute atomic E-state index is 0.0147. The van der Waals surface area contributed by atoms with Crippen LogP contribution in [-0.4, -0.2) is 27.8 Å². The number of aromatic nitrogens is 3. The SMILES string of the molecule is COc1ccc(CCC(=O)Nc2cccc(-c3nnc4n3CCCCC4)c2)cc1Br. The number of rotatable bonds is 6. The van der Waals surface area contributed by atoms with E-state index in [1.807, 2.05) is 42.5 Å². The molecule has 156 valence electrons. The van der Waals surface area contributed by atoms with Crippen LogP contribution in [0.2, 0.25) is 0 Å². The Morgan fingerprint density at radius 1 is 1.17 bits per heavy atom. The molecule has 0 unspecified atom stereocenters. The van der Waals surface area contributed by atoms with E-state index in [-0.39, 0.29) is 5.91 Å². The summed E-state index contributed by atoms with van der Waals surface area (Å²) >= 11 is 3.49. The Morgan fingerprint density at radius 2 is 2.07 bits per heavy atom. The molecule has 0 saturated heterocycles. The van der Waals surface area contributed by atoms with E-state index < -0.39 is 0 Å². The van der Waals surface area contributed by atoms with E-state index in [9.17, 15) is 4.79 Å². The van der Waals surface area contributed by atoms with Crippen molar-refractivity contribution >= 4 is 27.5 Å². The number of ether oxygens (including phenoxy) is 1. The summed E-state index contributed by atoms with van der Waals surface area (Å²) in [5.41, 5.74) is 2.84. The van der Waals surface area contributed by atoms with Gasteiger partial charge in [0.05, 0.1) is 11.6 Å². The second-order valence-electron chi connectivity index (χ2n) is 7.50. The first kappa shape index (κ1) is 20.6. The zero-order valence-corrected chi connectivity index (χ0v) is 18.6. The van der Waals surface area contributed by atoms with Crippen LogP contribution in [0.1, 0.15) is 37.1 Å². The fourth-order valence-electron chi connectivity index (χ4n) is 3.78. The van der Waals surface area contributed by atoms with Gasteiger partial charge in [0.1, 0.15) is 11.6 Å². The Hall–Kier alpha value is -2.67. The van der Waals surface area contributed by atoms with Crippen LogP contribution in [0.4, 0.5) is 5.69 Å². The van der Waals surface area contributed by atoms with Crippen molar-refractivity contribution in [3.05, 3.63) is 58.3 Å². The standard InChI is InChI=1S/C23H25BrN4O2/c1-30-20-11-9-16(14-19(20)24)10-12-22(29)25-18-7-5-6-17(15-18)23-27-26-21-8-3-2-4-13-28(21)23/h5-7,9,11,14-15H,2-4,8,10,12-13H2,1H3,(H,25,29). The van der Waals surface area contributed by atoms with E-state index in [0.29, 0.717) is 12.8 Å². The van der Waals surface area contributed by atoms with Crippen LogP contribution in [0.15, 0.2) is 46.9 Å². The minimum atomic E-state index is -0.0147. The van der Waals surface area contributed by atoms with Crippen LogP contribution in [0, 0.1) is 0 Å². The molecule has 1 aliphatic rings. The Labute approximate surface area is 184 Å². The lowest BCUT2D eigenvalue weighted by Gasteiger charge is -2.10. The maximum Gasteiger partial charge on any atom is 0.224 e. The molecular formula is C23H25BrN4O2. The van der Waals surface area contributed by atoms with E-state index >= 15 is 0 Å². The van der Waals surface area contributed by atoms with Crippen LogP contribution in [-0.2, 0) is 24.2 Å². The first-order valence-corrected chi connectivity index (χ1v) is 11.1. The van der Waals surface area contributed by atoms with Gasteiger partial charge in [0, 0.05) is 30.6 Å². The van der Waals surface area contributed by atoms with Crippen molar-refractivity contribution in [2.24, 2.45) is 0 Å². The third kappa shape index (κ3) is 4.73. The van der Waals surface area contributed by atoms with Crippen molar-refractivity contribution < 1.29 is 9.53 Å². The van der Waals surface area contributed by atoms with Crippen LogP contribution < -0.4 is 10.1 Å². The number of nitrogens with one attached hydrogen (secondary N) is 1. The van der Waals surface area contributed by atoms with E-state index in [1.54, 1.807) is 7.11 Å². The highest BCUT2D eigenvalue weighted by atomic mass is 79.9. The monoisotopic (exact) mass is 468 g/mol. The van der Waals surface area contributed by atoms with Gasteiger partial charge in [0.2, 0.25) is 5.91 Å². The predicted molar refractivity (Wildman–Crippen MR) is 121 cm³/mol. The van der Waals surface area contributed by atoms with E-state index in [2.05, 4.69) is 36.0 Å². The molecule has 1 aliphatic heterocycles. The Morgan fingerprint density at radius 3 is 2.90 bits per heavy atom. The zero-order chi connectivity index (χ0) is 20.9. The molecule has 1 amide bonds. The number of amides is 1. The van der Waals surface area contributed by atoms with Crippen molar-refractivity contribution in [1.29, 1.82) is 0 Å². The lowest BCUT2D eigenvalue weighted by atomic mass is 10.1. The molecule has 0 atom stereocenters. The molecule has 0 saturated carbocycles. The van der Waals surface area contributed by atoms with Gasteiger partial charge >= 0.3 is 0 Å². The van der Waals surface area contributed by atoms with Gasteiger partial charge in [0.15, 0.2) is 5.82 Å². The molecule has 0 bridgehead atoms. The molecule has 0 aliphatic carbocycles. The van der Waals surface area contributed by atoms with Gasteiger partial charge in [-0.3, -0.25) is 4.79 Å². The van der Waals surface area contributed by atoms with Crippen LogP contribution in [0.3, 0.4) is 0 Å². The topological polar surface area (TPSA) is 69.0 Å². The molecule has 7 heteroatoms. The fourth-order valence-corrected chi connectivity index (χ4v) is 4.37. The molecule has 0 radical (unpaired) electrons. The van der Waals surface area contributed by atoms with Crippen molar-refractivity contribution in [2.75, 3.05) is 12.4 Å². The van der Waals surface area contributed by atoms with Gasteiger partial charge < -0.3 is 14.6 Å². The summed E-state index contributed by atoms with van der Waals surface area (Å²) in [5, 5.41) is 11.8. The molecular weight excluding hydrogens is 444 g/mol. The maximum atomic E-state index is 12.5. The number of benzene rings is 2. The quantitative estimate of drug-likeness (QED) is 0.551. The lowest BCUT2D eigenvalue weighted by molar-refractivity contribution is -0.116. The third-order valence-corrected chi connectivity index (χ3v) is 5.99. The summed E-state index contributed by atoms with van der Waals surface area (Å²) in [5.74, 6) is 2.71. The van der Waals surface area contributed by atoms with Gasteiger partial charge in [-0.1, -0.05) is 24.6 Å². The van der Waals surface area contributed by atoms with Gasteiger partial charge in [-0.2, -0.15) is 0 Å². The summed E-state index contributed by atoms with van der Waals surface area (Å²) in [6.07, 6.45) is 5.58. The number of fused-ring (bicyclic) bond motifs is 1. The second-order valence-corrected chi connectivity index (χ2v) is 8.35. The molecule has 2 aromatic carbocycles. The molecule has 1 aromatic heterocycles. The number of aryl methyl sites for hydroxylation is 2. The molecule has 4 rings (SSSR count). The normalized spacial score (nSPS) is 13.4. The molecule has 6 nitrogen and oxygen atoms in total. The van der Waals surface area contributed by atoms with Crippen molar-refractivity contribution in [2.45, 2.75) is 45.1 Å². The van der Waals surface area contributed by atoms with E-state index in [1.165, 1.54) is 12.8 Å². The highest BCUT2D eigenvalue weighted by Crippen LogP contribution is 2.27. The number of hydrogen-bond acceptors (Lipinski definition) is 4. The van der Waals surface area contributed by atoms with Crippen molar-refractivity contribution in [3.8, 4) is 17.1 Å². The summed E-state index contributed by atoms with van der Waals surface area (Å²) in [6, 6.07) is 13.7. The molecule has 0 spiro atoms. The molecule has 30 heavy (non-hydrogen) atoms. The molecule has 2 heterocycles. The molecule has 1 N–H and O–H groups in total. The number of nitrogens with zero attached hydrogens (tertiary/aromatic N) is 3. The maximum absolute atomic E-state index is 12.5. The first-order valence-electron chi connectivity index (χ1n) is 10.3. The number of halogens is 1. The second kappa shape index (κ2) is 9.43. The van der Waals surface area contributed by atoms with Gasteiger partial charge in [-0.15, -0.1) is 10.2 Å². The summed E-state index contributed by atoms with van der Waals surface area (Å²) in [6.45, 7) is 0.950. The predicted octanol–water partition coefficient (Wildman–Crippen LogP) is 5.01. The fraction of sp³-hybridized carbons (Fsp3) is 0.348. The smallest absolute Gasteiger partial charge is 0.224 e. The van der Waals surface area contributed by atoms with Gasteiger partial charge in [0.25, 0.3) is 0 Å². The highest BCUT2D eigenvalue weighted by Gasteiger charge is 2.16.